The van der Waals surface area contributed by atoms with Gasteiger partial charge in [0.15, 0.2) is 0 Å². The third kappa shape index (κ3) is 19.8. The Morgan fingerprint density at radius 2 is 1.75 bits per heavy atom. The minimum Gasteiger partial charge on any atom is -0.456 e. The van der Waals surface area contributed by atoms with Crippen molar-refractivity contribution in [3.05, 3.63) is 115 Å². The van der Waals surface area contributed by atoms with E-state index < -0.39 is 24.4 Å². The molecule has 0 bridgehead atoms. The molecule has 1 aromatic carbocycles. The molecule has 0 unspecified atom stereocenters. The smallest absolute Gasteiger partial charge is 0.406 e. The predicted octanol–water partition coefficient (Wildman–Crippen LogP) is 7.97. The summed E-state index contributed by atoms with van der Waals surface area (Å²) in [6, 6.07) is 3.86. The lowest BCUT2D eigenvalue weighted by molar-refractivity contribution is -0.132. The zero-order valence-electron chi connectivity index (χ0n) is 26.8. The number of anilines is 1. The summed E-state index contributed by atoms with van der Waals surface area (Å²) in [5.74, 6) is 4.82. The highest BCUT2D eigenvalue weighted by atomic mass is 19.4. The molecule has 0 saturated carbocycles. The molecule has 2 rings (SSSR count). The number of hydrogen-bond acceptors (Lipinski definition) is 6. The van der Waals surface area contributed by atoms with Crippen LogP contribution in [0.1, 0.15) is 53.0 Å². The van der Waals surface area contributed by atoms with Crippen molar-refractivity contribution in [3.8, 4) is 0 Å². The molecular weight excluding hydrogens is 574 g/mol. The van der Waals surface area contributed by atoms with Crippen LogP contribution in [0.2, 0.25) is 0 Å². The number of carbonyl (C=O) groups is 1. The van der Waals surface area contributed by atoms with Gasteiger partial charge >= 0.3 is 6.18 Å². The second-order valence-electron chi connectivity index (χ2n) is 8.16. The van der Waals surface area contributed by atoms with E-state index in [9.17, 15) is 22.4 Å². The van der Waals surface area contributed by atoms with Gasteiger partial charge in [-0.05, 0) is 71.0 Å². The first-order chi connectivity index (χ1) is 20.8. The van der Waals surface area contributed by atoms with Gasteiger partial charge < -0.3 is 20.8 Å². The number of nitrogens with zero attached hydrogens (tertiary/aromatic N) is 2. The lowest BCUT2D eigenvalue weighted by Gasteiger charge is -2.24. The number of aliphatic imine (C=N–C) groups is 1. The largest absolute Gasteiger partial charge is 0.456 e. The quantitative estimate of drug-likeness (QED) is 0.0646. The van der Waals surface area contributed by atoms with Crippen molar-refractivity contribution in [1.29, 1.82) is 0 Å². The Hall–Kier alpha value is -4.22. The summed E-state index contributed by atoms with van der Waals surface area (Å²) in [7, 11) is 1.50. The van der Waals surface area contributed by atoms with Crippen molar-refractivity contribution in [1.82, 2.24) is 5.43 Å². The number of allylic oxidation sites excluding steroid dienone is 7. The normalized spacial score (nSPS) is 13.0. The van der Waals surface area contributed by atoms with Gasteiger partial charge in [0.1, 0.15) is 23.9 Å². The van der Waals surface area contributed by atoms with Crippen LogP contribution in [0.3, 0.4) is 0 Å². The van der Waals surface area contributed by atoms with Crippen molar-refractivity contribution in [2.24, 2.45) is 16.6 Å². The third-order valence-corrected chi connectivity index (χ3v) is 5.12. The second kappa shape index (κ2) is 26.4. The molecule has 7 nitrogen and oxygen atoms in total. The number of halogens is 4. The lowest BCUT2D eigenvalue weighted by atomic mass is 10.1. The van der Waals surface area contributed by atoms with Crippen LogP contribution >= 0.6 is 0 Å². The van der Waals surface area contributed by atoms with E-state index in [-0.39, 0.29) is 24.1 Å². The molecule has 11 heteroatoms. The molecule has 1 aliphatic heterocycles. The van der Waals surface area contributed by atoms with Gasteiger partial charge in [-0.15, -0.1) is 0 Å². The summed E-state index contributed by atoms with van der Waals surface area (Å²) in [4.78, 5) is 16.4. The molecule has 0 spiro atoms. The molecule has 0 aromatic heterocycles. The summed E-state index contributed by atoms with van der Waals surface area (Å²) in [5, 5.41) is 0. The van der Waals surface area contributed by atoms with Gasteiger partial charge in [-0.25, -0.2) is 4.39 Å². The van der Waals surface area contributed by atoms with Crippen molar-refractivity contribution in [2.45, 2.75) is 60.1 Å². The van der Waals surface area contributed by atoms with Crippen molar-refractivity contribution < 1.29 is 27.1 Å². The highest BCUT2D eigenvalue weighted by Gasteiger charge is 2.35. The maximum Gasteiger partial charge on any atom is 0.406 e. The number of nitrogens with two attached hydrogens (primary N) is 2. The van der Waals surface area contributed by atoms with Crippen LogP contribution in [0.15, 0.2) is 109 Å². The molecule has 1 aromatic rings. The Balaban J connectivity index is -0.000000577. The Morgan fingerprint density at radius 1 is 1.14 bits per heavy atom. The van der Waals surface area contributed by atoms with E-state index >= 15 is 0 Å². The van der Waals surface area contributed by atoms with Gasteiger partial charge in [-0.2, -0.15) is 13.2 Å². The molecule has 0 saturated heterocycles. The molecule has 0 atom stereocenters. The number of fused-ring (bicyclic) bond motifs is 1. The number of benzene rings is 1. The molecule has 0 aliphatic carbocycles. The van der Waals surface area contributed by atoms with Crippen molar-refractivity contribution >= 4 is 17.8 Å². The number of amides is 1. The average Bonchev–Trinajstić information content (AvgIpc) is 3.17. The van der Waals surface area contributed by atoms with Crippen LogP contribution in [0, 0.1) is 5.82 Å². The van der Waals surface area contributed by atoms with Crippen LogP contribution in [-0.4, -0.2) is 31.9 Å². The molecule has 1 heterocycles. The van der Waals surface area contributed by atoms with Crippen molar-refractivity contribution in [3.63, 3.8) is 0 Å². The molecule has 1 aliphatic rings. The van der Waals surface area contributed by atoms with Gasteiger partial charge in [0, 0.05) is 24.4 Å². The maximum absolute atomic E-state index is 13.6. The minimum atomic E-state index is -4.50. The number of rotatable bonds is 9. The van der Waals surface area contributed by atoms with Crippen LogP contribution in [0.25, 0.3) is 0 Å². The van der Waals surface area contributed by atoms with E-state index in [1.54, 1.807) is 24.6 Å². The first-order valence-corrected chi connectivity index (χ1v) is 13.8. The van der Waals surface area contributed by atoms with Gasteiger partial charge in [0.2, 0.25) is 5.91 Å². The van der Waals surface area contributed by atoms with E-state index in [0.717, 1.165) is 0 Å². The summed E-state index contributed by atoms with van der Waals surface area (Å²) in [6.45, 7) is 22.7. The van der Waals surface area contributed by atoms with Crippen molar-refractivity contribution in [2.75, 3.05) is 18.5 Å². The zero-order valence-corrected chi connectivity index (χ0v) is 26.8. The summed E-state index contributed by atoms with van der Waals surface area (Å²) in [5.41, 5.74) is 9.04. The van der Waals surface area contributed by atoms with Crippen LogP contribution in [0.4, 0.5) is 23.2 Å². The van der Waals surface area contributed by atoms with Crippen LogP contribution in [-0.2, 0) is 16.0 Å². The maximum atomic E-state index is 13.6. The lowest BCUT2D eigenvalue weighted by Crippen LogP contribution is -2.38. The van der Waals surface area contributed by atoms with Gasteiger partial charge in [-0.1, -0.05) is 64.0 Å². The number of nitrogens with one attached hydrogen (secondary N) is 1. The fraction of sp³-hybridized carbons (Fsp3) is 0.333. The first-order valence-electron chi connectivity index (χ1n) is 13.8. The fourth-order valence-corrected chi connectivity index (χ4v) is 3.04. The Kier molecular flexibility index (Phi) is 26.5. The Labute approximate surface area is 260 Å². The SMILES string of the molecule is C/C=C(C)/C=C/NN.C=CC=N/C(C)=C(\C=C)OC(=C)C=C.CC.CN.O=C1CCCc2c(F)cccc2N1CC(F)(F)F. The summed E-state index contributed by atoms with van der Waals surface area (Å²) < 4.78 is 56.2. The number of ether oxygens (including phenoxy) is 1. The molecule has 0 fully saturated rings. The molecule has 0 radical (unpaired) electrons. The Bertz CT molecular complexity index is 1150. The topological polar surface area (TPSA) is 106 Å². The average molecular weight is 624 g/mol. The van der Waals surface area contributed by atoms with E-state index in [1.807, 2.05) is 46.8 Å². The van der Waals surface area contributed by atoms with Gasteiger partial charge in [0.25, 0.3) is 0 Å². The van der Waals surface area contributed by atoms with Crippen LogP contribution in [0.5, 0.6) is 0 Å². The standard InChI is InChI=1S/C12H11F4NO.C12H15NO.C6H12N2.C2H6.CH5N/c13-9-4-2-5-10-8(9)3-1-6-11(18)17(10)7-12(14,15)16;1-6-9-13-11(5)12(8-3)14-10(4)7-2;1-3-6(2)4-5-8-7;2*1-2/h2,4-5H,1,3,6-7H2;6-9H,1-4H2,5H3;3-5,8H,7H2,1-2H3;1-2H3;2H2,1H3/b;12-11+,13-9?;5-4+,6-3+;;. The molecule has 5 N–H and O–H groups in total. The van der Waals surface area contributed by atoms with E-state index in [1.165, 1.54) is 36.9 Å². The van der Waals surface area contributed by atoms with E-state index in [0.29, 0.717) is 28.5 Å². The predicted molar refractivity (Wildman–Crippen MR) is 177 cm³/mol. The van der Waals surface area contributed by atoms with Crippen LogP contribution < -0.4 is 21.9 Å². The molecule has 44 heavy (non-hydrogen) atoms. The van der Waals surface area contributed by atoms with E-state index in [2.05, 4.69) is 42.5 Å². The number of hydrazine groups is 1. The highest BCUT2D eigenvalue weighted by molar-refractivity contribution is 5.95. The summed E-state index contributed by atoms with van der Waals surface area (Å²) in [6.07, 6.45) is 8.02. The number of alkyl halides is 3. The number of hydrogen-bond donors (Lipinski definition) is 3. The molecule has 246 valence electrons. The molecular formula is C33H49F4N5O2. The highest BCUT2D eigenvalue weighted by Crippen LogP contribution is 2.31. The zero-order chi connectivity index (χ0) is 34.7. The monoisotopic (exact) mass is 623 g/mol. The van der Waals surface area contributed by atoms with Gasteiger partial charge in [-0.3, -0.25) is 15.6 Å². The Morgan fingerprint density at radius 3 is 2.23 bits per heavy atom. The fourth-order valence-electron chi connectivity index (χ4n) is 3.04. The third-order valence-electron chi connectivity index (χ3n) is 5.12. The summed E-state index contributed by atoms with van der Waals surface area (Å²) >= 11 is 0. The second-order valence-corrected chi connectivity index (χ2v) is 8.16. The number of carbonyl (C=O) groups excluding carboxylic acids is 1. The first kappa shape index (κ1) is 44.2. The molecule has 1 amide bonds. The minimum absolute atomic E-state index is 0.00417. The van der Waals surface area contributed by atoms with Gasteiger partial charge in [0.05, 0.1) is 11.4 Å². The van der Waals surface area contributed by atoms with E-state index in [4.69, 9.17) is 10.6 Å².